The van der Waals surface area contributed by atoms with Crippen LogP contribution in [0.15, 0.2) is 48.5 Å². The Balaban J connectivity index is 1.80. The first-order valence-corrected chi connectivity index (χ1v) is 10.3. The van der Waals surface area contributed by atoms with Crippen molar-refractivity contribution >= 4 is 11.9 Å². The van der Waals surface area contributed by atoms with E-state index in [9.17, 15) is 9.59 Å². The molecule has 156 valence electrons. The van der Waals surface area contributed by atoms with Gasteiger partial charge >= 0.3 is 11.9 Å². The van der Waals surface area contributed by atoms with E-state index < -0.39 is 11.9 Å². The molecule has 5 heteroatoms. The molecule has 0 atom stereocenters. The van der Waals surface area contributed by atoms with E-state index in [-0.39, 0.29) is 11.3 Å². The predicted octanol–water partition coefficient (Wildman–Crippen LogP) is 5.82. The van der Waals surface area contributed by atoms with Crippen LogP contribution >= 0.6 is 0 Å². The van der Waals surface area contributed by atoms with Crippen molar-refractivity contribution in [1.29, 1.82) is 0 Å². The zero-order chi connectivity index (χ0) is 20.9. The maximum Gasteiger partial charge on any atom is 0.343 e. The molecule has 0 amide bonds. The van der Waals surface area contributed by atoms with E-state index in [1.807, 2.05) is 0 Å². The van der Waals surface area contributed by atoms with Crippen molar-refractivity contribution < 1.29 is 23.8 Å². The summed E-state index contributed by atoms with van der Waals surface area (Å²) < 4.78 is 15.8. The van der Waals surface area contributed by atoms with E-state index in [1.54, 1.807) is 48.5 Å². The van der Waals surface area contributed by atoms with Gasteiger partial charge in [-0.1, -0.05) is 57.6 Å². The quantitative estimate of drug-likeness (QED) is 0.256. The van der Waals surface area contributed by atoms with E-state index in [0.29, 0.717) is 12.2 Å². The molecule has 2 aromatic carbocycles. The molecule has 0 aromatic heterocycles. The van der Waals surface area contributed by atoms with Crippen molar-refractivity contribution in [2.24, 2.45) is 0 Å². The van der Waals surface area contributed by atoms with Gasteiger partial charge in [0, 0.05) is 0 Å². The molecule has 0 N–H and O–H groups in total. The molecule has 0 aliphatic heterocycles. The summed E-state index contributed by atoms with van der Waals surface area (Å²) in [5.41, 5.74) is 0.589. The standard InChI is InChI=1S/C24H30O5/c1-3-4-5-6-7-8-11-18-28-20-16-14-19(15-17-20)23(25)29-22-13-10-9-12-21(22)24(26)27-2/h9-10,12-17H,3-8,11,18H2,1-2H3. The third kappa shape index (κ3) is 7.60. The fourth-order valence-corrected chi connectivity index (χ4v) is 2.93. The summed E-state index contributed by atoms with van der Waals surface area (Å²) in [5.74, 6) is -0.200. The first-order chi connectivity index (χ1) is 14.2. The Bertz CT molecular complexity index is 767. The molecule has 0 radical (unpaired) electrons. The summed E-state index contributed by atoms with van der Waals surface area (Å²) in [5, 5.41) is 0. The number of esters is 2. The van der Waals surface area contributed by atoms with E-state index in [0.717, 1.165) is 12.2 Å². The monoisotopic (exact) mass is 398 g/mol. The summed E-state index contributed by atoms with van der Waals surface area (Å²) in [7, 11) is 1.28. The van der Waals surface area contributed by atoms with Crippen molar-refractivity contribution in [1.82, 2.24) is 0 Å². The number of benzene rings is 2. The molecule has 0 aliphatic rings. The summed E-state index contributed by atoms with van der Waals surface area (Å²) in [6, 6.07) is 13.3. The van der Waals surface area contributed by atoms with Gasteiger partial charge < -0.3 is 14.2 Å². The van der Waals surface area contributed by atoms with Crippen molar-refractivity contribution in [3.05, 3.63) is 59.7 Å². The Hall–Kier alpha value is -2.82. The molecular weight excluding hydrogens is 368 g/mol. The SMILES string of the molecule is CCCCCCCCCOc1ccc(C(=O)Oc2ccccc2C(=O)OC)cc1. The lowest BCUT2D eigenvalue weighted by molar-refractivity contribution is 0.0593. The number of carbonyl (C=O) groups is 2. The molecule has 0 bridgehead atoms. The Kier molecular flexibility index (Phi) is 9.76. The first kappa shape index (κ1) is 22.5. The largest absolute Gasteiger partial charge is 0.494 e. The zero-order valence-electron chi connectivity index (χ0n) is 17.3. The number of hydrogen-bond acceptors (Lipinski definition) is 5. The molecule has 2 rings (SSSR count). The molecule has 5 nitrogen and oxygen atoms in total. The van der Waals surface area contributed by atoms with Crippen LogP contribution < -0.4 is 9.47 Å². The highest BCUT2D eigenvalue weighted by atomic mass is 16.5. The molecule has 29 heavy (non-hydrogen) atoms. The van der Waals surface area contributed by atoms with Crippen LogP contribution in [0.1, 0.15) is 72.6 Å². The lowest BCUT2D eigenvalue weighted by Gasteiger charge is -2.09. The van der Waals surface area contributed by atoms with Crippen LogP contribution in [0.2, 0.25) is 0 Å². The summed E-state index contributed by atoms with van der Waals surface area (Å²) in [6.45, 7) is 2.89. The Labute approximate surface area is 173 Å². The summed E-state index contributed by atoms with van der Waals surface area (Å²) in [6.07, 6.45) is 8.65. The van der Waals surface area contributed by atoms with Gasteiger partial charge in [-0.2, -0.15) is 0 Å². The first-order valence-electron chi connectivity index (χ1n) is 10.3. The summed E-state index contributed by atoms with van der Waals surface area (Å²) in [4.78, 5) is 24.2. The fraction of sp³-hybridized carbons (Fsp3) is 0.417. The van der Waals surface area contributed by atoms with Crippen LogP contribution in [-0.4, -0.2) is 25.7 Å². The van der Waals surface area contributed by atoms with E-state index in [2.05, 4.69) is 6.92 Å². The Morgan fingerprint density at radius 2 is 1.45 bits per heavy atom. The van der Waals surface area contributed by atoms with E-state index in [4.69, 9.17) is 14.2 Å². The fourth-order valence-electron chi connectivity index (χ4n) is 2.93. The number of rotatable bonds is 12. The van der Waals surface area contributed by atoms with Crippen LogP contribution in [0.5, 0.6) is 11.5 Å². The minimum Gasteiger partial charge on any atom is -0.494 e. The van der Waals surface area contributed by atoms with Gasteiger partial charge in [0.2, 0.25) is 0 Å². The minimum atomic E-state index is -0.553. The molecule has 0 fully saturated rings. The molecular formula is C24H30O5. The summed E-state index contributed by atoms with van der Waals surface area (Å²) >= 11 is 0. The van der Waals surface area contributed by atoms with Crippen molar-refractivity contribution in [3.63, 3.8) is 0 Å². The third-order valence-electron chi connectivity index (χ3n) is 4.60. The van der Waals surface area contributed by atoms with Crippen LogP contribution in [-0.2, 0) is 4.74 Å². The average molecular weight is 398 g/mol. The lowest BCUT2D eigenvalue weighted by atomic mass is 10.1. The Morgan fingerprint density at radius 1 is 0.793 bits per heavy atom. The Morgan fingerprint density at radius 3 is 2.14 bits per heavy atom. The number of methoxy groups -OCH3 is 1. The van der Waals surface area contributed by atoms with Crippen LogP contribution in [0, 0.1) is 0 Å². The van der Waals surface area contributed by atoms with Crippen molar-refractivity contribution in [3.8, 4) is 11.5 Å². The van der Waals surface area contributed by atoms with Gasteiger partial charge in [0.15, 0.2) is 0 Å². The molecule has 0 saturated carbocycles. The van der Waals surface area contributed by atoms with Crippen molar-refractivity contribution in [2.75, 3.05) is 13.7 Å². The highest BCUT2D eigenvalue weighted by Gasteiger charge is 2.16. The smallest absolute Gasteiger partial charge is 0.343 e. The molecule has 0 unspecified atom stereocenters. The third-order valence-corrected chi connectivity index (χ3v) is 4.60. The van der Waals surface area contributed by atoms with Gasteiger partial charge in [-0.15, -0.1) is 0 Å². The topological polar surface area (TPSA) is 61.8 Å². The predicted molar refractivity (Wildman–Crippen MR) is 113 cm³/mol. The average Bonchev–Trinajstić information content (AvgIpc) is 2.76. The van der Waals surface area contributed by atoms with Crippen molar-refractivity contribution in [2.45, 2.75) is 51.9 Å². The van der Waals surface area contributed by atoms with Gasteiger partial charge in [0.05, 0.1) is 19.3 Å². The lowest BCUT2D eigenvalue weighted by Crippen LogP contribution is -2.12. The number of hydrogen-bond donors (Lipinski definition) is 0. The molecule has 0 spiro atoms. The second-order valence-electron chi connectivity index (χ2n) is 6.87. The van der Waals surface area contributed by atoms with E-state index >= 15 is 0 Å². The van der Waals surface area contributed by atoms with E-state index in [1.165, 1.54) is 45.6 Å². The number of para-hydroxylation sites is 1. The normalized spacial score (nSPS) is 10.4. The van der Waals surface area contributed by atoms with Gasteiger partial charge in [-0.25, -0.2) is 9.59 Å². The van der Waals surface area contributed by atoms with Crippen LogP contribution in [0.25, 0.3) is 0 Å². The molecule has 0 saturated heterocycles. The minimum absolute atomic E-state index is 0.170. The maximum absolute atomic E-state index is 12.4. The number of unbranched alkanes of at least 4 members (excludes halogenated alkanes) is 6. The van der Waals surface area contributed by atoms with Crippen LogP contribution in [0.4, 0.5) is 0 Å². The molecule has 0 heterocycles. The van der Waals surface area contributed by atoms with Gasteiger partial charge in [0.25, 0.3) is 0 Å². The van der Waals surface area contributed by atoms with Crippen LogP contribution in [0.3, 0.4) is 0 Å². The second-order valence-corrected chi connectivity index (χ2v) is 6.87. The number of ether oxygens (including phenoxy) is 3. The maximum atomic E-state index is 12.4. The number of carbonyl (C=O) groups excluding carboxylic acids is 2. The molecule has 2 aromatic rings. The highest BCUT2D eigenvalue weighted by Crippen LogP contribution is 2.21. The highest BCUT2D eigenvalue weighted by molar-refractivity contribution is 5.96. The van der Waals surface area contributed by atoms with Gasteiger partial charge in [0.1, 0.15) is 17.1 Å². The van der Waals surface area contributed by atoms with Gasteiger partial charge in [-0.3, -0.25) is 0 Å². The zero-order valence-corrected chi connectivity index (χ0v) is 17.3. The van der Waals surface area contributed by atoms with Gasteiger partial charge in [-0.05, 0) is 42.8 Å². The second kappa shape index (κ2) is 12.6. The molecule has 0 aliphatic carbocycles.